The zero-order valence-corrected chi connectivity index (χ0v) is 11.2. The first-order valence-corrected chi connectivity index (χ1v) is 6.95. The minimum Gasteiger partial charge on any atom is -0.496 e. The monoisotopic (exact) mass is 257 g/mol. The molecule has 0 unspecified atom stereocenters. The van der Waals surface area contributed by atoms with E-state index in [9.17, 15) is 4.79 Å². The lowest BCUT2D eigenvalue weighted by atomic mass is 9.86. The van der Waals surface area contributed by atoms with Crippen molar-refractivity contribution < 1.29 is 9.53 Å². The van der Waals surface area contributed by atoms with Gasteiger partial charge in [0.25, 0.3) is 0 Å². The summed E-state index contributed by atoms with van der Waals surface area (Å²) in [4.78, 5) is 11.9. The molecule has 0 radical (unpaired) electrons. The molecule has 1 fully saturated rings. The summed E-state index contributed by atoms with van der Waals surface area (Å²) in [6, 6.07) is 6.49. The summed E-state index contributed by atoms with van der Waals surface area (Å²) in [5.74, 6) is 0.985. The molecule has 0 aromatic heterocycles. The molecule has 0 atom stereocenters. The molecule has 2 aliphatic rings. The third kappa shape index (κ3) is 2.65. The Bertz CT molecular complexity index is 530. The number of hydrogen-bond donors (Lipinski definition) is 1. The summed E-state index contributed by atoms with van der Waals surface area (Å²) >= 11 is 0. The maximum Gasteiger partial charge on any atom is 0.244 e. The topological polar surface area (TPSA) is 38.3 Å². The molecular weight excluding hydrogens is 238 g/mol. The van der Waals surface area contributed by atoms with Crippen molar-refractivity contribution in [2.75, 3.05) is 7.11 Å². The number of ether oxygens (including phenoxy) is 1. The summed E-state index contributed by atoms with van der Waals surface area (Å²) < 4.78 is 5.41. The Morgan fingerprint density at radius 1 is 1.37 bits per heavy atom. The van der Waals surface area contributed by atoms with Crippen molar-refractivity contribution in [2.24, 2.45) is 0 Å². The molecule has 1 N–H and O–H groups in total. The molecule has 3 rings (SSSR count). The standard InChI is InChI=1S/C16H19NO2/c1-19-15-7-3-5-13-11(4-2-6-14(13)15)10-16(18)17-12-8-9-12/h3,5,7,10,12H,2,4,6,8-9H2,1H3,(H,17,18)/b11-10-. The largest absolute Gasteiger partial charge is 0.496 e. The quantitative estimate of drug-likeness (QED) is 0.845. The third-order valence-electron chi connectivity index (χ3n) is 3.80. The molecule has 2 aliphatic carbocycles. The van der Waals surface area contributed by atoms with Crippen molar-refractivity contribution in [2.45, 2.75) is 38.1 Å². The number of fused-ring (bicyclic) bond motifs is 1. The van der Waals surface area contributed by atoms with Crippen molar-refractivity contribution in [3.8, 4) is 5.75 Å². The van der Waals surface area contributed by atoms with Crippen LogP contribution in [0.25, 0.3) is 5.57 Å². The van der Waals surface area contributed by atoms with E-state index in [2.05, 4.69) is 11.4 Å². The van der Waals surface area contributed by atoms with Crippen LogP contribution in [0.4, 0.5) is 0 Å². The first kappa shape index (κ1) is 12.3. The minimum absolute atomic E-state index is 0.0492. The molecule has 0 bridgehead atoms. The molecule has 1 aromatic rings. The number of amides is 1. The minimum atomic E-state index is 0.0492. The van der Waals surface area contributed by atoms with Crippen LogP contribution in [-0.4, -0.2) is 19.1 Å². The van der Waals surface area contributed by atoms with Gasteiger partial charge in [-0.1, -0.05) is 12.1 Å². The van der Waals surface area contributed by atoms with Gasteiger partial charge in [-0.05, 0) is 49.3 Å². The third-order valence-corrected chi connectivity index (χ3v) is 3.80. The van der Waals surface area contributed by atoms with E-state index in [1.54, 1.807) is 13.2 Å². The van der Waals surface area contributed by atoms with Gasteiger partial charge in [-0.2, -0.15) is 0 Å². The summed E-state index contributed by atoms with van der Waals surface area (Å²) in [6.45, 7) is 0. The Kier molecular flexibility index (Phi) is 3.28. The molecule has 0 heterocycles. The number of benzene rings is 1. The fourth-order valence-corrected chi connectivity index (χ4v) is 2.68. The average molecular weight is 257 g/mol. The highest BCUT2D eigenvalue weighted by Crippen LogP contribution is 2.35. The Balaban J connectivity index is 1.88. The second kappa shape index (κ2) is 5.08. The van der Waals surface area contributed by atoms with Crippen molar-refractivity contribution in [3.63, 3.8) is 0 Å². The zero-order chi connectivity index (χ0) is 13.2. The molecule has 0 saturated heterocycles. The smallest absolute Gasteiger partial charge is 0.244 e. The molecule has 3 heteroatoms. The highest BCUT2D eigenvalue weighted by Gasteiger charge is 2.23. The lowest BCUT2D eigenvalue weighted by molar-refractivity contribution is -0.116. The van der Waals surface area contributed by atoms with E-state index in [0.29, 0.717) is 6.04 Å². The number of allylic oxidation sites excluding steroid dienone is 1. The van der Waals surface area contributed by atoms with Crippen LogP contribution in [-0.2, 0) is 11.2 Å². The average Bonchev–Trinajstić information content (AvgIpc) is 3.22. The molecule has 19 heavy (non-hydrogen) atoms. The first-order valence-electron chi connectivity index (χ1n) is 6.95. The maximum absolute atomic E-state index is 11.9. The Labute approximate surface area is 113 Å². The van der Waals surface area contributed by atoms with Gasteiger partial charge in [0.05, 0.1) is 7.11 Å². The molecule has 0 aliphatic heterocycles. The summed E-state index contributed by atoms with van der Waals surface area (Å²) in [5, 5.41) is 3.01. The van der Waals surface area contributed by atoms with E-state index in [-0.39, 0.29) is 5.91 Å². The molecular formula is C16H19NO2. The highest BCUT2D eigenvalue weighted by atomic mass is 16.5. The molecule has 1 saturated carbocycles. The molecule has 1 aromatic carbocycles. The van der Waals surface area contributed by atoms with Crippen molar-refractivity contribution in [3.05, 3.63) is 35.4 Å². The summed E-state index contributed by atoms with van der Waals surface area (Å²) in [5.41, 5.74) is 3.55. The van der Waals surface area contributed by atoms with Crippen LogP contribution in [0.3, 0.4) is 0 Å². The van der Waals surface area contributed by atoms with Gasteiger partial charge in [0.1, 0.15) is 5.75 Å². The van der Waals surface area contributed by atoms with Crippen molar-refractivity contribution in [1.82, 2.24) is 5.32 Å². The van der Waals surface area contributed by atoms with Gasteiger partial charge in [-0.25, -0.2) is 0 Å². The van der Waals surface area contributed by atoms with Crippen LogP contribution in [0.15, 0.2) is 24.3 Å². The lowest BCUT2D eigenvalue weighted by Crippen LogP contribution is -2.23. The Hall–Kier alpha value is -1.77. The van der Waals surface area contributed by atoms with E-state index in [4.69, 9.17) is 4.74 Å². The predicted molar refractivity (Wildman–Crippen MR) is 75.1 cm³/mol. The number of hydrogen-bond acceptors (Lipinski definition) is 2. The van der Waals surface area contributed by atoms with Gasteiger partial charge in [0, 0.05) is 17.7 Å². The number of methoxy groups -OCH3 is 1. The highest BCUT2D eigenvalue weighted by molar-refractivity contribution is 5.96. The lowest BCUT2D eigenvalue weighted by Gasteiger charge is -2.21. The molecule has 100 valence electrons. The van der Waals surface area contributed by atoms with Crippen molar-refractivity contribution in [1.29, 1.82) is 0 Å². The van der Waals surface area contributed by atoms with Gasteiger partial charge in [-0.15, -0.1) is 0 Å². The second-order valence-electron chi connectivity index (χ2n) is 5.29. The number of carbonyl (C=O) groups excluding carboxylic acids is 1. The number of carbonyl (C=O) groups is 1. The Morgan fingerprint density at radius 3 is 2.95 bits per heavy atom. The van der Waals surface area contributed by atoms with Gasteiger partial charge in [-0.3, -0.25) is 4.79 Å². The van der Waals surface area contributed by atoms with Crippen molar-refractivity contribution >= 4 is 11.5 Å². The van der Waals surface area contributed by atoms with E-state index in [0.717, 1.165) is 43.4 Å². The van der Waals surface area contributed by atoms with Crippen LogP contribution in [0, 0.1) is 0 Å². The zero-order valence-electron chi connectivity index (χ0n) is 11.2. The van der Waals surface area contributed by atoms with Crippen LogP contribution in [0.5, 0.6) is 5.75 Å². The van der Waals surface area contributed by atoms with Gasteiger partial charge in [0.15, 0.2) is 0 Å². The van der Waals surface area contributed by atoms with E-state index in [1.165, 1.54) is 11.1 Å². The molecule has 3 nitrogen and oxygen atoms in total. The molecule has 0 spiro atoms. The fourth-order valence-electron chi connectivity index (χ4n) is 2.68. The van der Waals surface area contributed by atoms with E-state index >= 15 is 0 Å². The predicted octanol–water partition coefficient (Wildman–Crippen LogP) is 2.69. The first-order chi connectivity index (χ1) is 9.28. The van der Waals surface area contributed by atoms with Crippen LogP contribution < -0.4 is 10.1 Å². The van der Waals surface area contributed by atoms with Gasteiger partial charge < -0.3 is 10.1 Å². The van der Waals surface area contributed by atoms with Crippen LogP contribution in [0.1, 0.15) is 36.8 Å². The van der Waals surface area contributed by atoms with E-state index < -0.39 is 0 Å². The van der Waals surface area contributed by atoms with Gasteiger partial charge >= 0.3 is 0 Å². The SMILES string of the molecule is COc1cccc2c1CCC/C2=C/C(=O)NC1CC1. The summed E-state index contributed by atoms with van der Waals surface area (Å²) in [7, 11) is 1.70. The van der Waals surface area contributed by atoms with E-state index in [1.807, 2.05) is 12.1 Å². The number of nitrogens with one attached hydrogen (secondary N) is 1. The Morgan fingerprint density at radius 2 is 2.21 bits per heavy atom. The summed E-state index contributed by atoms with van der Waals surface area (Å²) in [6.07, 6.45) is 7.10. The molecule has 1 amide bonds. The second-order valence-corrected chi connectivity index (χ2v) is 5.29. The fraction of sp³-hybridized carbons (Fsp3) is 0.438. The van der Waals surface area contributed by atoms with Crippen LogP contribution >= 0.6 is 0 Å². The number of rotatable bonds is 3. The van der Waals surface area contributed by atoms with Gasteiger partial charge in [0.2, 0.25) is 5.91 Å². The maximum atomic E-state index is 11.9. The van der Waals surface area contributed by atoms with Crippen LogP contribution in [0.2, 0.25) is 0 Å². The normalized spacial score (nSPS) is 19.9.